The Bertz CT molecular complexity index is 576. The highest BCUT2D eigenvalue weighted by Gasteiger charge is 2.07. The zero-order chi connectivity index (χ0) is 13.8. The molecule has 0 aliphatic rings. The quantitative estimate of drug-likeness (QED) is 0.913. The van der Waals surface area contributed by atoms with Crippen LogP contribution in [0.15, 0.2) is 24.3 Å². The van der Waals surface area contributed by atoms with Crippen molar-refractivity contribution in [3.05, 3.63) is 46.9 Å². The SMILES string of the molecule is Cc1ccc(-c2cc(C)nc(CCCN)n2)c(C)c1. The lowest BCUT2D eigenvalue weighted by atomic mass is 10.0. The van der Waals surface area contributed by atoms with Gasteiger partial charge in [0.2, 0.25) is 0 Å². The summed E-state index contributed by atoms with van der Waals surface area (Å²) in [5.74, 6) is 0.889. The maximum absolute atomic E-state index is 5.55. The molecule has 0 saturated carbocycles. The number of benzene rings is 1. The molecule has 0 atom stereocenters. The van der Waals surface area contributed by atoms with E-state index in [-0.39, 0.29) is 0 Å². The maximum atomic E-state index is 5.55. The zero-order valence-corrected chi connectivity index (χ0v) is 11.9. The summed E-state index contributed by atoms with van der Waals surface area (Å²) < 4.78 is 0. The number of aryl methyl sites for hydroxylation is 4. The van der Waals surface area contributed by atoms with E-state index in [1.807, 2.05) is 13.0 Å². The molecule has 0 unspecified atom stereocenters. The second-order valence-corrected chi connectivity index (χ2v) is 5.02. The minimum Gasteiger partial charge on any atom is -0.330 e. The summed E-state index contributed by atoms with van der Waals surface area (Å²) in [6, 6.07) is 8.49. The lowest BCUT2D eigenvalue weighted by Gasteiger charge is -2.09. The summed E-state index contributed by atoms with van der Waals surface area (Å²) in [6.07, 6.45) is 1.77. The Morgan fingerprint density at radius 3 is 2.53 bits per heavy atom. The predicted molar refractivity (Wildman–Crippen MR) is 79.1 cm³/mol. The van der Waals surface area contributed by atoms with Gasteiger partial charge in [-0.3, -0.25) is 0 Å². The summed E-state index contributed by atoms with van der Waals surface area (Å²) in [4.78, 5) is 9.14. The Kier molecular flexibility index (Phi) is 4.27. The van der Waals surface area contributed by atoms with Gasteiger partial charge >= 0.3 is 0 Å². The van der Waals surface area contributed by atoms with Crippen molar-refractivity contribution in [1.82, 2.24) is 9.97 Å². The van der Waals surface area contributed by atoms with Gasteiger partial charge in [0, 0.05) is 17.7 Å². The lowest BCUT2D eigenvalue weighted by molar-refractivity contribution is 0.776. The molecule has 0 bridgehead atoms. The van der Waals surface area contributed by atoms with E-state index < -0.39 is 0 Å². The molecule has 3 nitrogen and oxygen atoms in total. The highest BCUT2D eigenvalue weighted by atomic mass is 14.9. The minimum atomic E-state index is 0.677. The minimum absolute atomic E-state index is 0.677. The maximum Gasteiger partial charge on any atom is 0.129 e. The normalized spacial score (nSPS) is 10.7. The van der Waals surface area contributed by atoms with Gasteiger partial charge in [0.1, 0.15) is 5.82 Å². The summed E-state index contributed by atoms with van der Waals surface area (Å²) in [5.41, 5.74) is 11.3. The smallest absolute Gasteiger partial charge is 0.129 e. The molecular formula is C16H21N3. The van der Waals surface area contributed by atoms with Crippen LogP contribution in [0.2, 0.25) is 0 Å². The van der Waals surface area contributed by atoms with Gasteiger partial charge in [0.15, 0.2) is 0 Å². The molecule has 2 rings (SSSR count). The molecule has 0 aliphatic carbocycles. The molecule has 0 aliphatic heterocycles. The molecule has 1 aromatic carbocycles. The van der Waals surface area contributed by atoms with E-state index >= 15 is 0 Å². The molecule has 1 heterocycles. The average molecular weight is 255 g/mol. The topological polar surface area (TPSA) is 51.8 Å². The Morgan fingerprint density at radius 2 is 1.84 bits per heavy atom. The molecule has 0 amide bonds. The number of nitrogens with zero attached hydrogens (tertiary/aromatic N) is 2. The number of hydrogen-bond donors (Lipinski definition) is 1. The van der Waals surface area contributed by atoms with Gasteiger partial charge in [0.05, 0.1) is 5.69 Å². The van der Waals surface area contributed by atoms with Gasteiger partial charge in [-0.2, -0.15) is 0 Å². The first-order valence-corrected chi connectivity index (χ1v) is 6.72. The molecule has 0 radical (unpaired) electrons. The van der Waals surface area contributed by atoms with Gasteiger partial charge in [0.25, 0.3) is 0 Å². The van der Waals surface area contributed by atoms with Crippen molar-refractivity contribution >= 4 is 0 Å². The molecule has 19 heavy (non-hydrogen) atoms. The standard InChI is InChI=1S/C16H21N3/c1-11-6-7-14(12(2)9-11)15-10-13(3)18-16(19-15)5-4-8-17/h6-7,9-10H,4-5,8,17H2,1-3H3. The van der Waals surface area contributed by atoms with Crippen molar-refractivity contribution in [3.63, 3.8) is 0 Å². The molecule has 1 aromatic heterocycles. The number of aromatic nitrogens is 2. The van der Waals surface area contributed by atoms with E-state index in [1.165, 1.54) is 16.7 Å². The van der Waals surface area contributed by atoms with Crippen molar-refractivity contribution in [2.24, 2.45) is 5.73 Å². The summed E-state index contributed by atoms with van der Waals surface area (Å²) in [6.45, 7) is 6.92. The van der Waals surface area contributed by atoms with Crippen molar-refractivity contribution < 1.29 is 0 Å². The van der Waals surface area contributed by atoms with Crippen molar-refractivity contribution in [2.75, 3.05) is 6.54 Å². The Balaban J connectivity index is 2.41. The lowest BCUT2D eigenvalue weighted by Crippen LogP contribution is -2.05. The first-order valence-electron chi connectivity index (χ1n) is 6.72. The highest BCUT2D eigenvalue weighted by molar-refractivity contribution is 5.64. The number of nitrogens with two attached hydrogens (primary N) is 1. The van der Waals surface area contributed by atoms with E-state index in [0.717, 1.165) is 30.1 Å². The van der Waals surface area contributed by atoms with Crippen LogP contribution in [0.5, 0.6) is 0 Å². The van der Waals surface area contributed by atoms with Crippen LogP contribution in [0, 0.1) is 20.8 Å². The first-order chi connectivity index (χ1) is 9.10. The fraction of sp³-hybridized carbons (Fsp3) is 0.375. The van der Waals surface area contributed by atoms with Crippen LogP contribution in [0.1, 0.15) is 29.1 Å². The van der Waals surface area contributed by atoms with Crippen molar-refractivity contribution in [2.45, 2.75) is 33.6 Å². The van der Waals surface area contributed by atoms with Gasteiger partial charge in [-0.1, -0.05) is 23.8 Å². The van der Waals surface area contributed by atoms with E-state index in [4.69, 9.17) is 5.73 Å². The number of rotatable bonds is 4. The second-order valence-electron chi connectivity index (χ2n) is 5.02. The van der Waals surface area contributed by atoms with E-state index in [9.17, 15) is 0 Å². The monoisotopic (exact) mass is 255 g/mol. The van der Waals surface area contributed by atoms with E-state index in [1.54, 1.807) is 0 Å². The summed E-state index contributed by atoms with van der Waals surface area (Å²) in [7, 11) is 0. The van der Waals surface area contributed by atoms with Crippen LogP contribution < -0.4 is 5.73 Å². The Hall–Kier alpha value is -1.74. The van der Waals surface area contributed by atoms with Gasteiger partial charge in [-0.05, 0) is 45.4 Å². The van der Waals surface area contributed by atoms with Crippen LogP contribution >= 0.6 is 0 Å². The second kappa shape index (κ2) is 5.93. The third-order valence-electron chi connectivity index (χ3n) is 3.16. The molecule has 0 fully saturated rings. The molecule has 100 valence electrons. The largest absolute Gasteiger partial charge is 0.330 e. The molecular weight excluding hydrogens is 234 g/mol. The van der Waals surface area contributed by atoms with Crippen LogP contribution in [-0.2, 0) is 6.42 Å². The predicted octanol–water partition coefficient (Wildman–Crippen LogP) is 2.96. The van der Waals surface area contributed by atoms with Crippen LogP contribution in [0.4, 0.5) is 0 Å². The van der Waals surface area contributed by atoms with Crippen molar-refractivity contribution in [3.8, 4) is 11.3 Å². The number of hydrogen-bond acceptors (Lipinski definition) is 3. The average Bonchev–Trinajstić information content (AvgIpc) is 2.35. The fourth-order valence-corrected chi connectivity index (χ4v) is 2.24. The summed E-state index contributed by atoms with van der Waals surface area (Å²) in [5, 5.41) is 0. The van der Waals surface area contributed by atoms with Gasteiger partial charge in [-0.25, -0.2) is 9.97 Å². The van der Waals surface area contributed by atoms with Gasteiger partial charge < -0.3 is 5.73 Å². The highest BCUT2D eigenvalue weighted by Crippen LogP contribution is 2.23. The molecule has 0 spiro atoms. The van der Waals surface area contributed by atoms with Crippen molar-refractivity contribution in [1.29, 1.82) is 0 Å². The van der Waals surface area contributed by atoms with E-state index in [0.29, 0.717) is 6.54 Å². The Labute approximate surface area is 114 Å². The molecule has 3 heteroatoms. The van der Waals surface area contributed by atoms with Crippen LogP contribution in [0.3, 0.4) is 0 Å². The van der Waals surface area contributed by atoms with Crippen LogP contribution in [-0.4, -0.2) is 16.5 Å². The van der Waals surface area contributed by atoms with Crippen LogP contribution in [0.25, 0.3) is 11.3 Å². The zero-order valence-electron chi connectivity index (χ0n) is 11.9. The fourth-order valence-electron chi connectivity index (χ4n) is 2.24. The molecule has 0 saturated heterocycles. The van der Waals surface area contributed by atoms with E-state index in [2.05, 4.69) is 42.0 Å². The third-order valence-corrected chi connectivity index (χ3v) is 3.16. The van der Waals surface area contributed by atoms with Gasteiger partial charge in [-0.15, -0.1) is 0 Å². The first kappa shape index (κ1) is 13.7. The third kappa shape index (κ3) is 3.38. The molecule has 2 aromatic rings. The Morgan fingerprint density at radius 1 is 1.05 bits per heavy atom. The molecule has 2 N–H and O–H groups in total. The summed E-state index contributed by atoms with van der Waals surface area (Å²) >= 11 is 0.